The minimum Gasteiger partial charge on any atom is -0.480 e. The third-order valence-corrected chi connectivity index (χ3v) is 5.64. The topological polar surface area (TPSA) is 108 Å². The minimum atomic E-state index is -1.16. The fourth-order valence-electron chi connectivity index (χ4n) is 3.81. The van der Waals surface area contributed by atoms with Crippen LogP contribution in [-0.4, -0.2) is 66.8 Å². The normalized spacial score (nSPS) is 15.9. The van der Waals surface area contributed by atoms with Gasteiger partial charge < -0.3 is 29.7 Å². The van der Waals surface area contributed by atoms with Gasteiger partial charge in [0.25, 0.3) is 5.91 Å². The first kappa shape index (κ1) is 21.5. The molecule has 32 heavy (non-hydrogen) atoms. The van der Waals surface area contributed by atoms with Crippen molar-refractivity contribution in [2.45, 2.75) is 18.9 Å². The van der Waals surface area contributed by atoms with E-state index in [4.69, 9.17) is 9.47 Å². The van der Waals surface area contributed by atoms with Crippen LogP contribution in [0, 0.1) is 0 Å². The number of amides is 2. The molecule has 0 aliphatic carbocycles. The largest absolute Gasteiger partial charge is 0.480 e. The predicted octanol–water partition coefficient (Wildman–Crippen LogP) is 1.73. The SMILES string of the molecule is O=C(N[C@@H](CCC(=O)N1CCN(c2ccc3c(c2)OCO3)CC1)C(=O)O)c1ccccc1. The molecule has 0 spiro atoms. The highest BCUT2D eigenvalue weighted by atomic mass is 16.7. The van der Waals surface area contributed by atoms with Gasteiger partial charge in [0, 0.05) is 49.9 Å². The van der Waals surface area contributed by atoms with E-state index in [-0.39, 0.29) is 25.5 Å². The molecule has 2 N–H and O–H groups in total. The molecule has 0 radical (unpaired) electrons. The van der Waals surface area contributed by atoms with E-state index in [0.29, 0.717) is 31.7 Å². The van der Waals surface area contributed by atoms with Crippen molar-refractivity contribution in [1.82, 2.24) is 10.2 Å². The minimum absolute atomic E-state index is 0.0368. The summed E-state index contributed by atoms with van der Waals surface area (Å²) < 4.78 is 10.8. The second-order valence-electron chi connectivity index (χ2n) is 7.67. The van der Waals surface area contributed by atoms with E-state index in [1.54, 1.807) is 35.2 Å². The molecule has 0 aromatic heterocycles. The summed E-state index contributed by atoms with van der Waals surface area (Å²) in [6.07, 6.45) is 0.0885. The third-order valence-electron chi connectivity index (χ3n) is 5.64. The maximum absolute atomic E-state index is 12.6. The summed E-state index contributed by atoms with van der Waals surface area (Å²) in [4.78, 5) is 40.4. The first-order valence-electron chi connectivity index (χ1n) is 10.5. The number of rotatable bonds is 7. The van der Waals surface area contributed by atoms with Crippen LogP contribution >= 0.6 is 0 Å². The molecule has 9 nitrogen and oxygen atoms in total. The maximum Gasteiger partial charge on any atom is 0.326 e. The first-order chi connectivity index (χ1) is 15.5. The lowest BCUT2D eigenvalue weighted by atomic mass is 10.1. The Morgan fingerprint density at radius 3 is 2.41 bits per heavy atom. The Hall–Kier alpha value is -3.75. The summed E-state index contributed by atoms with van der Waals surface area (Å²) in [5.74, 6) is -0.291. The monoisotopic (exact) mass is 439 g/mol. The van der Waals surface area contributed by atoms with Crippen LogP contribution in [0.5, 0.6) is 11.5 Å². The summed E-state index contributed by atoms with van der Waals surface area (Å²) in [7, 11) is 0. The van der Waals surface area contributed by atoms with Crippen LogP contribution in [0.3, 0.4) is 0 Å². The average Bonchev–Trinajstić information content (AvgIpc) is 3.30. The molecule has 0 unspecified atom stereocenters. The Morgan fingerprint density at radius 1 is 0.969 bits per heavy atom. The Balaban J connectivity index is 1.26. The molecule has 2 aliphatic heterocycles. The number of hydrogen-bond acceptors (Lipinski definition) is 6. The van der Waals surface area contributed by atoms with E-state index >= 15 is 0 Å². The Labute approximate surface area is 185 Å². The van der Waals surface area contributed by atoms with Gasteiger partial charge in [-0.05, 0) is 30.7 Å². The van der Waals surface area contributed by atoms with Crippen LogP contribution in [-0.2, 0) is 9.59 Å². The molecule has 168 valence electrons. The lowest BCUT2D eigenvalue weighted by molar-refractivity contribution is -0.139. The van der Waals surface area contributed by atoms with Gasteiger partial charge in [-0.3, -0.25) is 9.59 Å². The molecule has 2 heterocycles. The fourth-order valence-corrected chi connectivity index (χ4v) is 3.81. The van der Waals surface area contributed by atoms with E-state index in [0.717, 1.165) is 17.2 Å². The standard InChI is InChI=1S/C23H25N3O6/c27-21(9-7-18(23(29)30)24-22(28)16-4-2-1-3-5-16)26-12-10-25(11-13-26)17-6-8-19-20(14-17)32-15-31-19/h1-6,8,14,18H,7,9-13,15H2,(H,24,28)(H,29,30)/t18-/m0/s1. The number of nitrogens with zero attached hydrogens (tertiary/aromatic N) is 2. The molecule has 0 saturated carbocycles. The molecule has 9 heteroatoms. The fraction of sp³-hybridized carbons (Fsp3) is 0.348. The highest BCUT2D eigenvalue weighted by molar-refractivity contribution is 5.96. The highest BCUT2D eigenvalue weighted by Crippen LogP contribution is 2.35. The number of carboxylic acids is 1. The Morgan fingerprint density at radius 2 is 1.69 bits per heavy atom. The Kier molecular flexibility index (Phi) is 6.44. The number of benzene rings is 2. The molecule has 1 atom stereocenters. The van der Waals surface area contributed by atoms with Crippen LogP contribution in [0.15, 0.2) is 48.5 Å². The number of fused-ring (bicyclic) bond motifs is 1. The quantitative estimate of drug-likeness (QED) is 0.676. The number of carbonyl (C=O) groups is 3. The summed E-state index contributed by atoms with van der Waals surface area (Å²) in [5.41, 5.74) is 1.39. The Bertz CT molecular complexity index is 988. The third kappa shape index (κ3) is 4.93. The number of carboxylic acid groups (broad SMARTS) is 1. The van der Waals surface area contributed by atoms with Crippen LogP contribution in [0.25, 0.3) is 0 Å². The van der Waals surface area contributed by atoms with Gasteiger partial charge in [-0.2, -0.15) is 0 Å². The predicted molar refractivity (Wildman–Crippen MR) is 116 cm³/mol. The number of anilines is 1. The zero-order chi connectivity index (χ0) is 22.5. The molecule has 1 fully saturated rings. The highest BCUT2D eigenvalue weighted by Gasteiger charge is 2.26. The van der Waals surface area contributed by atoms with E-state index < -0.39 is 17.9 Å². The van der Waals surface area contributed by atoms with Gasteiger partial charge in [-0.1, -0.05) is 18.2 Å². The number of hydrogen-bond donors (Lipinski definition) is 2. The lowest BCUT2D eigenvalue weighted by Crippen LogP contribution is -2.49. The van der Waals surface area contributed by atoms with Crippen LogP contribution < -0.4 is 19.7 Å². The second-order valence-corrected chi connectivity index (χ2v) is 7.67. The molecule has 2 aliphatic rings. The smallest absolute Gasteiger partial charge is 0.326 e. The van der Waals surface area contributed by atoms with Crippen LogP contribution in [0.2, 0.25) is 0 Å². The van der Waals surface area contributed by atoms with E-state index in [9.17, 15) is 19.5 Å². The molecular weight excluding hydrogens is 414 g/mol. The molecule has 0 bridgehead atoms. The summed E-state index contributed by atoms with van der Waals surface area (Å²) in [6, 6.07) is 13.1. The summed E-state index contributed by atoms with van der Waals surface area (Å²) in [6.45, 7) is 2.64. The van der Waals surface area contributed by atoms with Crippen molar-refractivity contribution in [3.8, 4) is 11.5 Å². The number of piperazine rings is 1. The zero-order valence-corrected chi connectivity index (χ0v) is 17.5. The lowest BCUT2D eigenvalue weighted by Gasteiger charge is -2.36. The summed E-state index contributed by atoms with van der Waals surface area (Å²) in [5, 5.41) is 12.0. The number of aliphatic carboxylic acids is 1. The van der Waals surface area contributed by atoms with Crippen LogP contribution in [0.1, 0.15) is 23.2 Å². The summed E-state index contributed by atoms with van der Waals surface area (Å²) >= 11 is 0. The van der Waals surface area contributed by atoms with Gasteiger partial charge in [0.2, 0.25) is 12.7 Å². The molecular formula is C23H25N3O6. The number of carbonyl (C=O) groups excluding carboxylic acids is 2. The van der Waals surface area contributed by atoms with Crippen molar-refractivity contribution in [2.24, 2.45) is 0 Å². The first-order valence-corrected chi connectivity index (χ1v) is 10.5. The van der Waals surface area contributed by atoms with Gasteiger partial charge >= 0.3 is 5.97 Å². The van der Waals surface area contributed by atoms with E-state index in [1.165, 1.54) is 0 Å². The van der Waals surface area contributed by atoms with Crippen LogP contribution in [0.4, 0.5) is 5.69 Å². The van der Waals surface area contributed by atoms with Crippen molar-refractivity contribution >= 4 is 23.5 Å². The van der Waals surface area contributed by atoms with Crippen molar-refractivity contribution in [1.29, 1.82) is 0 Å². The van der Waals surface area contributed by atoms with Gasteiger partial charge in [0.1, 0.15) is 6.04 Å². The second kappa shape index (κ2) is 9.59. The van der Waals surface area contributed by atoms with E-state index in [2.05, 4.69) is 10.2 Å². The average molecular weight is 439 g/mol. The van der Waals surface area contributed by atoms with Crippen molar-refractivity contribution < 1.29 is 29.0 Å². The number of ether oxygens (including phenoxy) is 2. The van der Waals surface area contributed by atoms with Gasteiger partial charge in [-0.25, -0.2) is 4.79 Å². The molecule has 2 amide bonds. The number of nitrogens with one attached hydrogen (secondary N) is 1. The zero-order valence-electron chi connectivity index (χ0n) is 17.5. The van der Waals surface area contributed by atoms with Crippen molar-refractivity contribution in [3.63, 3.8) is 0 Å². The molecule has 2 aromatic rings. The van der Waals surface area contributed by atoms with Crippen molar-refractivity contribution in [3.05, 3.63) is 54.1 Å². The molecule has 2 aromatic carbocycles. The molecule has 1 saturated heterocycles. The van der Waals surface area contributed by atoms with Gasteiger partial charge in [0.15, 0.2) is 11.5 Å². The van der Waals surface area contributed by atoms with Gasteiger partial charge in [0.05, 0.1) is 0 Å². The molecule has 4 rings (SSSR count). The van der Waals surface area contributed by atoms with Crippen molar-refractivity contribution in [2.75, 3.05) is 37.9 Å². The maximum atomic E-state index is 12.6. The van der Waals surface area contributed by atoms with Gasteiger partial charge in [-0.15, -0.1) is 0 Å². The van der Waals surface area contributed by atoms with E-state index in [1.807, 2.05) is 18.2 Å².